The minimum absolute atomic E-state index is 0.123. The Morgan fingerprint density at radius 2 is 1.95 bits per heavy atom. The lowest BCUT2D eigenvalue weighted by Gasteiger charge is -2.35. The summed E-state index contributed by atoms with van der Waals surface area (Å²) in [6.45, 7) is 3.64. The van der Waals surface area contributed by atoms with Crippen molar-refractivity contribution < 1.29 is 10.0 Å². The largest absolute Gasteiger partial charge is 0.389 e. The van der Waals surface area contributed by atoms with Gasteiger partial charge in [0, 0.05) is 18.7 Å². The summed E-state index contributed by atoms with van der Waals surface area (Å²) in [6, 6.07) is 6.64. The maximum absolute atomic E-state index is 10.6. The van der Waals surface area contributed by atoms with Crippen LogP contribution >= 0.6 is 0 Å². The van der Waals surface area contributed by atoms with Crippen LogP contribution in [0.15, 0.2) is 24.3 Å². The monoisotopic (exact) mass is 292 g/mol. The van der Waals surface area contributed by atoms with Crippen molar-refractivity contribution in [1.29, 1.82) is 0 Å². The minimum atomic E-state index is -0.554. The van der Waals surface area contributed by atoms with Gasteiger partial charge in [-0.1, -0.05) is 19.1 Å². The summed E-state index contributed by atoms with van der Waals surface area (Å²) < 4.78 is 0. The molecule has 0 heterocycles. The van der Waals surface area contributed by atoms with E-state index in [0.29, 0.717) is 6.54 Å². The number of rotatable bonds is 6. The molecule has 5 nitrogen and oxygen atoms in total. The van der Waals surface area contributed by atoms with Crippen LogP contribution in [0.4, 0.5) is 5.69 Å². The molecule has 0 spiro atoms. The molecule has 0 bridgehead atoms. The molecular formula is C16H24N2O3. The number of benzene rings is 1. The highest BCUT2D eigenvalue weighted by molar-refractivity contribution is 5.32. The number of aliphatic hydroxyl groups is 1. The molecule has 1 aromatic rings. The molecule has 21 heavy (non-hydrogen) atoms. The van der Waals surface area contributed by atoms with Gasteiger partial charge in [-0.05, 0) is 50.1 Å². The van der Waals surface area contributed by atoms with Gasteiger partial charge in [-0.15, -0.1) is 0 Å². The molecule has 1 saturated carbocycles. The fourth-order valence-electron chi connectivity index (χ4n) is 2.81. The van der Waals surface area contributed by atoms with Gasteiger partial charge in [-0.3, -0.25) is 10.1 Å². The zero-order valence-electron chi connectivity index (χ0n) is 12.5. The second-order valence-electron chi connectivity index (χ2n) is 6.26. The van der Waals surface area contributed by atoms with E-state index in [9.17, 15) is 15.2 Å². The van der Waals surface area contributed by atoms with E-state index in [2.05, 4.69) is 12.2 Å². The highest BCUT2D eigenvalue weighted by Crippen LogP contribution is 2.31. The number of hydrogen-bond acceptors (Lipinski definition) is 4. The molecule has 0 amide bonds. The fraction of sp³-hybridized carbons (Fsp3) is 0.625. The van der Waals surface area contributed by atoms with Crippen LogP contribution in [-0.2, 0) is 6.42 Å². The molecule has 5 heteroatoms. The highest BCUT2D eigenvalue weighted by atomic mass is 16.6. The summed E-state index contributed by atoms with van der Waals surface area (Å²) in [7, 11) is 0. The fourth-order valence-corrected chi connectivity index (χ4v) is 2.81. The molecule has 1 fully saturated rings. The lowest BCUT2D eigenvalue weighted by molar-refractivity contribution is -0.384. The van der Waals surface area contributed by atoms with E-state index in [1.54, 1.807) is 12.1 Å². The first kappa shape index (κ1) is 15.9. The van der Waals surface area contributed by atoms with Gasteiger partial charge in [0.15, 0.2) is 0 Å². The lowest BCUT2D eigenvalue weighted by atomic mass is 9.79. The Labute approximate surface area is 125 Å². The van der Waals surface area contributed by atoms with Crippen LogP contribution in [0.3, 0.4) is 0 Å². The molecular weight excluding hydrogens is 268 g/mol. The molecule has 0 aromatic heterocycles. The van der Waals surface area contributed by atoms with Crippen LogP contribution in [0.25, 0.3) is 0 Å². The summed E-state index contributed by atoms with van der Waals surface area (Å²) in [5, 5.41) is 24.3. The minimum Gasteiger partial charge on any atom is -0.389 e. The van der Waals surface area contributed by atoms with Crippen LogP contribution in [0, 0.1) is 16.0 Å². The average molecular weight is 292 g/mol. The van der Waals surface area contributed by atoms with Crippen LogP contribution in [0.2, 0.25) is 0 Å². The van der Waals surface area contributed by atoms with Crippen LogP contribution in [0.5, 0.6) is 0 Å². The molecule has 0 saturated heterocycles. The molecule has 2 N–H and O–H groups in total. The van der Waals surface area contributed by atoms with E-state index >= 15 is 0 Å². The standard InChI is InChI=1S/C16H24N2O3/c1-13-6-9-16(19,10-7-13)12-17-11-8-14-2-4-15(5-3-14)18(20)21/h2-5,13,17,19H,6-12H2,1H3. The lowest BCUT2D eigenvalue weighted by Crippen LogP contribution is -2.43. The number of nitrogens with one attached hydrogen (secondary N) is 1. The van der Waals surface area contributed by atoms with Gasteiger partial charge >= 0.3 is 0 Å². The Bertz CT molecular complexity index is 465. The average Bonchev–Trinajstić information content (AvgIpc) is 2.48. The third kappa shape index (κ3) is 4.79. The normalized spacial score (nSPS) is 25.7. The van der Waals surface area contributed by atoms with E-state index in [4.69, 9.17) is 0 Å². The van der Waals surface area contributed by atoms with E-state index in [0.717, 1.165) is 50.1 Å². The first-order chi connectivity index (χ1) is 9.98. The summed E-state index contributed by atoms with van der Waals surface area (Å²) in [5.74, 6) is 0.727. The molecule has 0 unspecified atom stereocenters. The Morgan fingerprint density at radius 1 is 1.33 bits per heavy atom. The van der Waals surface area contributed by atoms with Gasteiger partial charge in [0.1, 0.15) is 0 Å². The Morgan fingerprint density at radius 3 is 2.52 bits per heavy atom. The van der Waals surface area contributed by atoms with E-state index < -0.39 is 5.60 Å². The third-order valence-electron chi connectivity index (χ3n) is 4.40. The van der Waals surface area contributed by atoms with Crippen molar-refractivity contribution in [3.8, 4) is 0 Å². The first-order valence-electron chi connectivity index (χ1n) is 7.65. The predicted molar refractivity (Wildman–Crippen MR) is 82.3 cm³/mol. The molecule has 2 rings (SSSR count). The number of nitro benzene ring substituents is 1. The zero-order chi connectivity index (χ0) is 15.3. The summed E-state index contributed by atoms with van der Waals surface area (Å²) in [5.41, 5.74) is 0.636. The van der Waals surface area contributed by atoms with Crippen molar-refractivity contribution in [3.63, 3.8) is 0 Å². The summed E-state index contributed by atoms with van der Waals surface area (Å²) in [4.78, 5) is 10.2. The van der Waals surface area contributed by atoms with Gasteiger partial charge < -0.3 is 10.4 Å². The maximum Gasteiger partial charge on any atom is 0.269 e. The SMILES string of the molecule is CC1CCC(O)(CNCCc2ccc([N+](=O)[O-])cc2)CC1. The molecule has 116 valence electrons. The number of nitro groups is 1. The predicted octanol–water partition coefficient (Wildman–Crippen LogP) is 2.67. The van der Waals surface area contributed by atoms with Crippen molar-refractivity contribution in [2.45, 2.75) is 44.6 Å². The quantitative estimate of drug-likeness (QED) is 0.480. The Kier molecular flexibility index (Phi) is 5.31. The number of hydrogen-bond donors (Lipinski definition) is 2. The van der Waals surface area contributed by atoms with Crippen molar-refractivity contribution in [2.75, 3.05) is 13.1 Å². The molecule has 1 aliphatic rings. The van der Waals surface area contributed by atoms with E-state index in [-0.39, 0.29) is 10.6 Å². The highest BCUT2D eigenvalue weighted by Gasteiger charge is 2.31. The molecule has 0 aliphatic heterocycles. The topological polar surface area (TPSA) is 75.4 Å². The second-order valence-corrected chi connectivity index (χ2v) is 6.26. The Balaban J connectivity index is 1.71. The maximum atomic E-state index is 10.6. The van der Waals surface area contributed by atoms with Crippen molar-refractivity contribution >= 4 is 5.69 Å². The van der Waals surface area contributed by atoms with E-state index in [1.807, 2.05) is 0 Å². The molecule has 1 aliphatic carbocycles. The summed E-state index contributed by atoms with van der Waals surface area (Å²) >= 11 is 0. The molecule has 1 aromatic carbocycles. The van der Waals surface area contributed by atoms with Gasteiger partial charge in [0.05, 0.1) is 10.5 Å². The van der Waals surface area contributed by atoms with Crippen LogP contribution in [0.1, 0.15) is 38.2 Å². The summed E-state index contributed by atoms with van der Waals surface area (Å²) in [6.07, 6.45) is 4.75. The molecule has 0 atom stereocenters. The Hall–Kier alpha value is -1.46. The first-order valence-corrected chi connectivity index (χ1v) is 7.65. The van der Waals surface area contributed by atoms with Crippen molar-refractivity contribution in [1.82, 2.24) is 5.32 Å². The van der Waals surface area contributed by atoms with Gasteiger partial charge in [-0.2, -0.15) is 0 Å². The number of nitrogens with zero attached hydrogens (tertiary/aromatic N) is 1. The third-order valence-corrected chi connectivity index (χ3v) is 4.40. The van der Waals surface area contributed by atoms with Gasteiger partial charge in [0.25, 0.3) is 5.69 Å². The van der Waals surface area contributed by atoms with E-state index in [1.165, 1.54) is 12.1 Å². The molecule has 0 radical (unpaired) electrons. The van der Waals surface area contributed by atoms with Gasteiger partial charge in [-0.25, -0.2) is 0 Å². The van der Waals surface area contributed by atoms with Crippen molar-refractivity contribution in [2.24, 2.45) is 5.92 Å². The second kappa shape index (κ2) is 7.00. The van der Waals surface area contributed by atoms with Gasteiger partial charge in [0.2, 0.25) is 0 Å². The van der Waals surface area contributed by atoms with Crippen molar-refractivity contribution in [3.05, 3.63) is 39.9 Å². The van der Waals surface area contributed by atoms with Crippen LogP contribution in [-0.4, -0.2) is 28.7 Å². The smallest absolute Gasteiger partial charge is 0.269 e. The zero-order valence-corrected chi connectivity index (χ0v) is 12.5. The van der Waals surface area contributed by atoms with Crippen LogP contribution < -0.4 is 5.32 Å². The number of non-ortho nitro benzene ring substituents is 1.